The van der Waals surface area contributed by atoms with Gasteiger partial charge in [0.2, 0.25) is 5.91 Å². The third kappa shape index (κ3) is 7.86. The van der Waals surface area contributed by atoms with Gasteiger partial charge in [-0.1, -0.05) is 48.5 Å². The number of carbonyl (C=O) groups excluding carboxylic acids is 2. The number of para-hydroxylation sites is 2. The highest BCUT2D eigenvalue weighted by Gasteiger charge is 2.22. The largest absolute Gasteiger partial charge is 0.496 e. The molecule has 2 amide bonds. The Balaban J connectivity index is 1.47. The molecule has 40 heavy (non-hydrogen) atoms. The Bertz CT molecular complexity index is 1400. The lowest BCUT2D eigenvalue weighted by Gasteiger charge is -2.28. The van der Waals surface area contributed by atoms with Gasteiger partial charge in [0.15, 0.2) is 6.61 Å². The first-order valence-corrected chi connectivity index (χ1v) is 13.4. The fourth-order valence-electron chi connectivity index (χ4n) is 4.73. The van der Waals surface area contributed by atoms with Gasteiger partial charge in [-0.05, 0) is 48.2 Å². The van der Waals surface area contributed by atoms with E-state index in [1.165, 1.54) is 0 Å². The molecule has 4 aromatic rings. The maximum Gasteiger partial charge on any atom is 0.258 e. The molecule has 4 rings (SSSR count). The monoisotopic (exact) mass is 543 g/mol. The van der Waals surface area contributed by atoms with Gasteiger partial charge in [0.1, 0.15) is 11.5 Å². The van der Waals surface area contributed by atoms with Gasteiger partial charge >= 0.3 is 0 Å². The van der Waals surface area contributed by atoms with Crippen LogP contribution in [-0.4, -0.2) is 61.7 Å². The van der Waals surface area contributed by atoms with Gasteiger partial charge in [-0.3, -0.25) is 9.59 Å². The van der Waals surface area contributed by atoms with Crippen molar-refractivity contribution in [1.82, 2.24) is 15.2 Å². The fourth-order valence-corrected chi connectivity index (χ4v) is 4.73. The summed E-state index contributed by atoms with van der Waals surface area (Å²) in [5.41, 5.74) is 4.12. The van der Waals surface area contributed by atoms with Gasteiger partial charge in [0, 0.05) is 49.8 Å². The van der Waals surface area contributed by atoms with Crippen molar-refractivity contribution in [3.63, 3.8) is 0 Å². The molecular formula is C32H37N3O5. The number of ether oxygens (including phenoxy) is 3. The number of hydrogen-bond donors (Lipinski definition) is 2. The summed E-state index contributed by atoms with van der Waals surface area (Å²) >= 11 is 0. The van der Waals surface area contributed by atoms with Crippen molar-refractivity contribution in [1.29, 1.82) is 0 Å². The standard InChI is InChI=1S/C32H37N3O5/c1-23(36)35(20-25-8-4-7-11-31(25)39-3)21-27(18-26-19-33-30-10-6-5-9-29(26)30)34-32(37)22-40-28-14-12-24(13-15-28)16-17-38-2/h4-15,19,27,33H,16-18,20-22H2,1-3H3,(H,34,37). The topological polar surface area (TPSA) is 92.9 Å². The van der Waals surface area contributed by atoms with Gasteiger partial charge < -0.3 is 29.4 Å². The normalized spacial score (nSPS) is 11.7. The van der Waals surface area contributed by atoms with Crippen LogP contribution in [0.15, 0.2) is 79.0 Å². The second kappa shape index (κ2) is 14.2. The number of aromatic nitrogens is 1. The summed E-state index contributed by atoms with van der Waals surface area (Å²) in [5, 5.41) is 4.20. The molecule has 8 heteroatoms. The number of fused-ring (bicyclic) bond motifs is 1. The SMILES string of the molecule is COCCc1ccc(OCC(=O)NC(Cc2c[nH]c3ccccc23)CN(Cc2ccccc2OC)C(C)=O)cc1. The highest BCUT2D eigenvalue weighted by atomic mass is 16.5. The summed E-state index contributed by atoms with van der Waals surface area (Å²) in [4.78, 5) is 30.8. The Hall–Kier alpha value is -4.30. The first kappa shape index (κ1) is 28.7. The first-order valence-electron chi connectivity index (χ1n) is 13.4. The molecule has 0 saturated heterocycles. The number of hydrogen-bond acceptors (Lipinski definition) is 5. The molecule has 1 atom stereocenters. The molecule has 0 aliphatic heterocycles. The Morgan fingerprint density at radius 2 is 1.70 bits per heavy atom. The highest BCUT2D eigenvalue weighted by molar-refractivity contribution is 5.83. The van der Waals surface area contributed by atoms with Gasteiger partial charge in [-0.15, -0.1) is 0 Å². The predicted octanol–water partition coefficient (Wildman–Crippen LogP) is 4.52. The van der Waals surface area contributed by atoms with E-state index in [1.807, 2.05) is 72.9 Å². The lowest BCUT2D eigenvalue weighted by Crippen LogP contribution is -2.47. The second-order valence-corrected chi connectivity index (χ2v) is 9.71. The van der Waals surface area contributed by atoms with E-state index in [0.717, 1.165) is 34.0 Å². The van der Waals surface area contributed by atoms with Crippen molar-refractivity contribution in [2.24, 2.45) is 0 Å². The molecule has 1 aromatic heterocycles. The fraction of sp³-hybridized carbons (Fsp3) is 0.312. The Kier molecular flexibility index (Phi) is 10.2. The van der Waals surface area contributed by atoms with Crippen LogP contribution in [0.1, 0.15) is 23.6 Å². The van der Waals surface area contributed by atoms with E-state index in [9.17, 15) is 9.59 Å². The maximum atomic E-state index is 13.1. The van der Waals surface area contributed by atoms with Crippen molar-refractivity contribution in [3.05, 3.63) is 95.7 Å². The molecule has 210 valence electrons. The van der Waals surface area contributed by atoms with Crippen LogP contribution in [0, 0.1) is 0 Å². The van der Waals surface area contributed by atoms with Crippen LogP contribution < -0.4 is 14.8 Å². The Morgan fingerprint density at radius 1 is 0.950 bits per heavy atom. The minimum Gasteiger partial charge on any atom is -0.496 e. The Morgan fingerprint density at radius 3 is 2.45 bits per heavy atom. The molecule has 0 fully saturated rings. The highest BCUT2D eigenvalue weighted by Crippen LogP contribution is 2.22. The number of carbonyl (C=O) groups is 2. The smallest absolute Gasteiger partial charge is 0.258 e. The zero-order valence-electron chi connectivity index (χ0n) is 23.3. The van der Waals surface area contributed by atoms with Crippen LogP contribution in [0.2, 0.25) is 0 Å². The van der Waals surface area contributed by atoms with E-state index in [-0.39, 0.29) is 24.5 Å². The third-order valence-electron chi connectivity index (χ3n) is 6.83. The summed E-state index contributed by atoms with van der Waals surface area (Å²) in [7, 11) is 3.29. The van der Waals surface area contributed by atoms with Gasteiger partial charge in [-0.25, -0.2) is 0 Å². The summed E-state index contributed by atoms with van der Waals surface area (Å²) in [5.74, 6) is 0.988. The lowest BCUT2D eigenvalue weighted by atomic mass is 10.0. The van der Waals surface area contributed by atoms with Crippen molar-refractivity contribution in [3.8, 4) is 11.5 Å². The molecule has 0 saturated carbocycles. The molecule has 0 bridgehead atoms. The number of nitrogens with zero attached hydrogens (tertiary/aromatic N) is 1. The van der Waals surface area contributed by atoms with Crippen LogP contribution >= 0.6 is 0 Å². The van der Waals surface area contributed by atoms with Crippen LogP contribution in [-0.2, 0) is 33.7 Å². The molecule has 1 heterocycles. The van der Waals surface area contributed by atoms with Gasteiger partial charge in [-0.2, -0.15) is 0 Å². The van der Waals surface area contributed by atoms with Crippen LogP contribution in [0.25, 0.3) is 10.9 Å². The number of H-pyrrole nitrogens is 1. The average Bonchev–Trinajstić information content (AvgIpc) is 3.38. The maximum absolute atomic E-state index is 13.1. The quantitative estimate of drug-likeness (QED) is 0.244. The zero-order valence-corrected chi connectivity index (χ0v) is 23.3. The predicted molar refractivity (Wildman–Crippen MR) is 156 cm³/mol. The second-order valence-electron chi connectivity index (χ2n) is 9.71. The number of amides is 2. The average molecular weight is 544 g/mol. The minimum atomic E-state index is -0.342. The van der Waals surface area contributed by atoms with Gasteiger partial charge in [0.25, 0.3) is 5.91 Å². The minimum absolute atomic E-state index is 0.0890. The van der Waals surface area contributed by atoms with Crippen LogP contribution in [0.3, 0.4) is 0 Å². The number of nitrogens with one attached hydrogen (secondary N) is 2. The molecule has 0 radical (unpaired) electrons. The van der Waals surface area contributed by atoms with E-state index in [0.29, 0.717) is 37.6 Å². The molecular weight excluding hydrogens is 506 g/mol. The van der Waals surface area contributed by atoms with Gasteiger partial charge in [0.05, 0.1) is 19.8 Å². The zero-order chi connectivity index (χ0) is 28.3. The van der Waals surface area contributed by atoms with Crippen molar-refractivity contribution in [2.45, 2.75) is 32.4 Å². The number of aromatic amines is 1. The number of benzene rings is 3. The Labute approximate surface area is 235 Å². The summed E-state index contributed by atoms with van der Waals surface area (Å²) in [6, 6.07) is 23.0. The van der Waals surface area contributed by atoms with E-state index in [1.54, 1.807) is 26.0 Å². The van der Waals surface area contributed by atoms with Crippen molar-refractivity contribution < 1.29 is 23.8 Å². The van der Waals surface area contributed by atoms with Crippen LogP contribution in [0.4, 0.5) is 0 Å². The lowest BCUT2D eigenvalue weighted by molar-refractivity contribution is -0.131. The molecule has 2 N–H and O–H groups in total. The summed E-state index contributed by atoms with van der Waals surface area (Å²) in [6.45, 7) is 2.75. The van der Waals surface area contributed by atoms with E-state index in [4.69, 9.17) is 14.2 Å². The molecule has 0 aliphatic rings. The van der Waals surface area contributed by atoms with Crippen molar-refractivity contribution in [2.75, 3.05) is 34.0 Å². The van der Waals surface area contributed by atoms with Crippen molar-refractivity contribution >= 4 is 22.7 Å². The summed E-state index contributed by atoms with van der Waals surface area (Å²) in [6.07, 6.45) is 3.32. The van der Waals surface area contributed by atoms with Crippen LogP contribution in [0.5, 0.6) is 11.5 Å². The summed E-state index contributed by atoms with van der Waals surface area (Å²) < 4.78 is 16.4. The molecule has 8 nitrogen and oxygen atoms in total. The molecule has 0 spiro atoms. The third-order valence-corrected chi connectivity index (χ3v) is 6.83. The molecule has 0 aliphatic carbocycles. The van der Waals surface area contributed by atoms with E-state index < -0.39 is 0 Å². The molecule has 3 aromatic carbocycles. The van der Waals surface area contributed by atoms with E-state index in [2.05, 4.69) is 16.4 Å². The number of rotatable bonds is 14. The molecule has 1 unspecified atom stereocenters. The van der Waals surface area contributed by atoms with E-state index >= 15 is 0 Å². The number of methoxy groups -OCH3 is 2. The first-order chi connectivity index (χ1) is 19.5.